The van der Waals surface area contributed by atoms with Gasteiger partial charge in [-0.2, -0.15) is 8.78 Å². The standard InChI is InChI=1S/C14H14F2O8/c1-4(17)23-9-5-2-6-8(12(19)24-10(6)9)7(5)11(18)22-3-14(15,16)13(20)21/h5-10H,2-3H2,1H3,(H,20,21)/p-1. The molecule has 24 heavy (non-hydrogen) atoms. The number of hydrogen-bond acceptors (Lipinski definition) is 8. The molecule has 1 heterocycles. The second kappa shape index (κ2) is 5.38. The summed E-state index contributed by atoms with van der Waals surface area (Å²) in [6, 6.07) is 0. The molecule has 132 valence electrons. The summed E-state index contributed by atoms with van der Waals surface area (Å²) in [7, 11) is 0. The highest BCUT2D eigenvalue weighted by atomic mass is 19.3. The van der Waals surface area contributed by atoms with E-state index in [1.807, 2.05) is 0 Å². The zero-order valence-corrected chi connectivity index (χ0v) is 12.4. The first-order valence-electron chi connectivity index (χ1n) is 7.27. The van der Waals surface area contributed by atoms with E-state index in [-0.39, 0.29) is 5.92 Å². The maximum atomic E-state index is 13.0. The van der Waals surface area contributed by atoms with E-state index in [0.717, 1.165) is 6.92 Å². The second-order valence-corrected chi connectivity index (χ2v) is 6.19. The predicted octanol–water partition coefficient (Wildman–Crippen LogP) is -1.35. The van der Waals surface area contributed by atoms with Gasteiger partial charge in [-0.05, 0) is 6.42 Å². The molecule has 0 amide bonds. The lowest BCUT2D eigenvalue weighted by Gasteiger charge is -2.30. The van der Waals surface area contributed by atoms with Crippen LogP contribution in [0, 0.1) is 23.7 Å². The third-order valence-corrected chi connectivity index (χ3v) is 4.81. The summed E-state index contributed by atoms with van der Waals surface area (Å²) >= 11 is 0. The summed E-state index contributed by atoms with van der Waals surface area (Å²) in [5, 5.41) is 10.3. The Labute approximate surface area is 134 Å². The van der Waals surface area contributed by atoms with Gasteiger partial charge >= 0.3 is 23.8 Å². The van der Waals surface area contributed by atoms with Crippen LogP contribution in [-0.2, 0) is 33.4 Å². The predicted molar refractivity (Wildman–Crippen MR) is 64.9 cm³/mol. The molecular weight excluding hydrogens is 334 g/mol. The molecule has 3 aliphatic rings. The smallest absolute Gasteiger partial charge is 0.320 e. The quantitative estimate of drug-likeness (QED) is 0.442. The molecule has 10 heteroatoms. The van der Waals surface area contributed by atoms with Crippen molar-refractivity contribution < 1.29 is 47.3 Å². The summed E-state index contributed by atoms with van der Waals surface area (Å²) in [5.41, 5.74) is 0. The Morgan fingerprint density at radius 3 is 2.58 bits per heavy atom. The number of aliphatic carboxylic acids is 1. The molecule has 0 radical (unpaired) electrons. The molecule has 0 N–H and O–H groups in total. The van der Waals surface area contributed by atoms with Gasteiger partial charge in [-0.1, -0.05) is 0 Å². The van der Waals surface area contributed by atoms with Crippen molar-refractivity contribution in [1.82, 2.24) is 0 Å². The summed E-state index contributed by atoms with van der Waals surface area (Å²) in [4.78, 5) is 45.5. The van der Waals surface area contributed by atoms with E-state index in [1.54, 1.807) is 0 Å². The van der Waals surface area contributed by atoms with Gasteiger partial charge in [0.1, 0.15) is 18.2 Å². The Hall–Kier alpha value is -2.26. The molecule has 6 unspecified atom stereocenters. The molecule has 2 saturated carbocycles. The fourth-order valence-corrected chi connectivity index (χ4v) is 3.98. The zero-order valence-electron chi connectivity index (χ0n) is 12.4. The van der Waals surface area contributed by atoms with E-state index in [2.05, 4.69) is 4.74 Å². The number of hydrogen-bond donors (Lipinski definition) is 0. The van der Waals surface area contributed by atoms with E-state index in [9.17, 15) is 33.1 Å². The Morgan fingerprint density at radius 1 is 1.33 bits per heavy atom. The first-order valence-corrected chi connectivity index (χ1v) is 7.27. The molecule has 0 aromatic rings. The van der Waals surface area contributed by atoms with Gasteiger partial charge < -0.3 is 24.1 Å². The highest BCUT2D eigenvalue weighted by Crippen LogP contribution is 2.59. The summed E-state index contributed by atoms with van der Waals surface area (Å²) in [6.45, 7) is -0.528. The first-order chi connectivity index (χ1) is 11.1. The van der Waals surface area contributed by atoms with Crippen LogP contribution >= 0.6 is 0 Å². The summed E-state index contributed by atoms with van der Waals surface area (Å²) in [5.74, 6) is -12.3. The van der Waals surface area contributed by atoms with Crippen LogP contribution in [0.5, 0.6) is 0 Å². The van der Waals surface area contributed by atoms with Gasteiger partial charge in [0.05, 0.1) is 11.8 Å². The fourth-order valence-electron chi connectivity index (χ4n) is 3.98. The topological polar surface area (TPSA) is 119 Å². The summed E-state index contributed by atoms with van der Waals surface area (Å²) in [6.07, 6.45) is -1.13. The average Bonchev–Trinajstić information content (AvgIpc) is 3.07. The Kier molecular flexibility index (Phi) is 3.72. The minimum Gasteiger partial charge on any atom is -0.544 e. The minimum atomic E-state index is -4.33. The van der Waals surface area contributed by atoms with E-state index in [1.165, 1.54) is 0 Å². The van der Waals surface area contributed by atoms with Crippen LogP contribution in [0.3, 0.4) is 0 Å². The monoisotopic (exact) mass is 347 g/mol. The number of carboxylic acids is 1. The van der Waals surface area contributed by atoms with Crippen molar-refractivity contribution in [3.63, 3.8) is 0 Å². The van der Waals surface area contributed by atoms with Crippen molar-refractivity contribution in [2.24, 2.45) is 23.7 Å². The number of alkyl halides is 2. The van der Waals surface area contributed by atoms with Crippen molar-refractivity contribution in [2.45, 2.75) is 31.5 Å². The average molecular weight is 347 g/mol. The highest BCUT2D eigenvalue weighted by molar-refractivity contribution is 5.86. The van der Waals surface area contributed by atoms with E-state index < -0.39 is 66.4 Å². The highest BCUT2D eigenvalue weighted by Gasteiger charge is 2.70. The summed E-state index contributed by atoms with van der Waals surface area (Å²) < 4.78 is 40.6. The number of ether oxygens (including phenoxy) is 3. The van der Waals surface area contributed by atoms with Gasteiger partial charge in [0.15, 0.2) is 6.61 Å². The van der Waals surface area contributed by atoms with Crippen LogP contribution in [0.25, 0.3) is 0 Å². The minimum absolute atomic E-state index is 0.356. The first kappa shape index (κ1) is 16.6. The molecule has 2 aliphatic carbocycles. The Morgan fingerprint density at radius 2 is 2.00 bits per heavy atom. The molecule has 3 rings (SSSR count). The SMILES string of the molecule is CC(=O)OC1C2CC3C1OC(=O)C3C2C(=O)OCC(F)(F)C(=O)[O-]. The zero-order chi connectivity index (χ0) is 17.8. The van der Waals surface area contributed by atoms with E-state index in [0.29, 0.717) is 6.42 Å². The van der Waals surface area contributed by atoms with Crippen molar-refractivity contribution >= 4 is 23.9 Å². The number of rotatable bonds is 5. The van der Waals surface area contributed by atoms with Gasteiger partial charge in [0, 0.05) is 18.8 Å². The molecule has 8 nitrogen and oxygen atoms in total. The Bertz CT molecular complexity index is 618. The van der Waals surface area contributed by atoms with Crippen LogP contribution in [-0.4, -0.2) is 48.6 Å². The van der Waals surface area contributed by atoms with Gasteiger partial charge in [-0.25, -0.2) is 0 Å². The lowest BCUT2D eigenvalue weighted by atomic mass is 9.78. The largest absolute Gasteiger partial charge is 0.544 e. The molecule has 3 fully saturated rings. The molecule has 0 spiro atoms. The van der Waals surface area contributed by atoms with Crippen LogP contribution in [0.2, 0.25) is 0 Å². The van der Waals surface area contributed by atoms with Gasteiger partial charge in [-0.15, -0.1) is 0 Å². The fraction of sp³-hybridized carbons (Fsp3) is 0.714. The van der Waals surface area contributed by atoms with Gasteiger partial charge in [-0.3, -0.25) is 14.4 Å². The van der Waals surface area contributed by atoms with Crippen molar-refractivity contribution in [3.8, 4) is 0 Å². The molecular formula is C14H13F2O8-. The molecule has 2 bridgehead atoms. The van der Waals surface area contributed by atoms with Gasteiger partial charge in [0.25, 0.3) is 0 Å². The van der Waals surface area contributed by atoms with E-state index in [4.69, 9.17) is 9.47 Å². The Balaban J connectivity index is 1.75. The molecule has 0 aromatic heterocycles. The number of carbonyl (C=O) groups is 4. The second-order valence-electron chi connectivity index (χ2n) is 6.19. The lowest BCUT2D eigenvalue weighted by Crippen LogP contribution is -2.47. The van der Waals surface area contributed by atoms with Crippen LogP contribution in [0.4, 0.5) is 8.78 Å². The molecule has 6 atom stereocenters. The molecule has 0 aromatic carbocycles. The van der Waals surface area contributed by atoms with Crippen molar-refractivity contribution in [2.75, 3.05) is 6.61 Å². The number of carboxylic acid groups (broad SMARTS) is 1. The van der Waals surface area contributed by atoms with Crippen LogP contribution in [0.1, 0.15) is 13.3 Å². The molecule has 1 saturated heterocycles. The molecule has 1 aliphatic heterocycles. The maximum absolute atomic E-state index is 13.0. The third kappa shape index (κ3) is 2.40. The number of halogens is 2. The van der Waals surface area contributed by atoms with E-state index >= 15 is 0 Å². The lowest BCUT2D eigenvalue weighted by molar-refractivity contribution is -0.331. The maximum Gasteiger partial charge on any atom is 0.320 e. The van der Waals surface area contributed by atoms with Crippen LogP contribution < -0.4 is 5.11 Å². The van der Waals surface area contributed by atoms with Crippen molar-refractivity contribution in [3.05, 3.63) is 0 Å². The van der Waals surface area contributed by atoms with Crippen LogP contribution in [0.15, 0.2) is 0 Å². The normalized spacial score (nSPS) is 36.4. The van der Waals surface area contributed by atoms with Crippen molar-refractivity contribution in [1.29, 1.82) is 0 Å². The number of esters is 3. The number of fused-ring (bicyclic) bond motifs is 1. The third-order valence-electron chi connectivity index (χ3n) is 4.81. The van der Waals surface area contributed by atoms with Gasteiger partial charge in [0.2, 0.25) is 0 Å². The number of carbonyl (C=O) groups excluding carboxylic acids is 4.